The Balaban J connectivity index is 1.99. The summed E-state index contributed by atoms with van der Waals surface area (Å²) in [5.74, 6) is 1.06. The van der Waals surface area contributed by atoms with Crippen molar-refractivity contribution in [1.29, 1.82) is 0 Å². The molecule has 0 spiro atoms. The van der Waals surface area contributed by atoms with E-state index in [0.717, 1.165) is 48.4 Å². The van der Waals surface area contributed by atoms with Gasteiger partial charge in [0.1, 0.15) is 0 Å². The van der Waals surface area contributed by atoms with Crippen molar-refractivity contribution < 1.29 is 9.59 Å². The molecule has 0 saturated heterocycles. The van der Waals surface area contributed by atoms with E-state index in [1.165, 1.54) is 0 Å². The Morgan fingerprint density at radius 1 is 1.23 bits per heavy atom. The van der Waals surface area contributed by atoms with Crippen LogP contribution >= 0.6 is 11.8 Å². The van der Waals surface area contributed by atoms with Crippen LogP contribution < -0.4 is 10.6 Å². The van der Waals surface area contributed by atoms with Crippen molar-refractivity contribution in [2.24, 2.45) is 5.92 Å². The molecule has 4 nitrogen and oxygen atoms in total. The predicted octanol–water partition coefficient (Wildman–Crippen LogP) is 3.82. The van der Waals surface area contributed by atoms with Gasteiger partial charge in [0.15, 0.2) is 0 Å². The molecule has 5 heteroatoms. The maximum Gasteiger partial charge on any atom is 0.227 e. The smallest absolute Gasteiger partial charge is 0.227 e. The number of nitrogens with one attached hydrogen (secondary N) is 2. The minimum atomic E-state index is 0.0109. The molecule has 120 valence electrons. The highest BCUT2D eigenvalue weighted by molar-refractivity contribution is 7.98. The second-order valence-electron chi connectivity index (χ2n) is 5.79. The number of anilines is 2. The number of amides is 2. The highest BCUT2D eigenvalue weighted by atomic mass is 32.2. The van der Waals surface area contributed by atoms with Gasteiger partial charge in [-0.15, -0.1) is 0 Å². The summed E-state index contributed by atoms with van der Waals surface area (Å²) in [5, 5.41) is 5.90. The van der Waals surface area contributed by atoms with Crippen molar-refractivity contribution >= 4 is 35.0 Å². The summed E-state index contributed by atoms with van der Waals surface area (Å²) in [6.45, 7) is 1.95. The predicted molar refractivity (Wildman–Crippen MR) is 93.4 cm³/mol. The van der Waals surface area contributed by atoms with Gasteiger partial charge in [-0.3, -0.25) is 9.59 Å². The van der Waals surface area contributed by atoms with Crippen molar-refractivity contribution in [2.75, 3.05) is 22.6 Å². The van der Waals surface area contributed by atoms with E-state index in [9.17, 15) is 9.59 Å². The first-order valence-corrected chi connectivity index (χ1v) is 9.20. The third-order valence-electron chi connectivity index (χ3n) is 4.04. The van der Waals surface area contributed by atoms with E-state index in [0.29, 0.717) is 6.42 Å². The molecular formula is C17H24N2O2S. The van der Waals surface area contributed by atoms with Gasteiger partial charge in [-0.25, -0.2) is 0 Å². The number of aryl methyl sites for hydroxylation is 1. The highest BCUT2D eigenvalue weighted by Crippen LogP contribution is 2.27. The summed E-state index contributed by atoms with van der Waals surface area (Å²) >= 11 is 1.65. The van der Waals surface area contributed by atoms with Crippen LogP contribution in [0.3, 0.4) is 0 Å². The lowest BCUT2D eigenvalue weighted by Crippen LogP contribution is -2.20. The van der Waals surface area contributed by atoms with Gasteiger partial charge in [-0.05, 0) is 43.7 Å². The number of thioether (sulfide) groups is 1. The van der Waals surface area contributed by atoms with Crippen LogP contribution in [0.15, 0.2) is 18.2 Å². The van der Waals surface area contributed by atoms with Crippen LogP contribution in [-0.2, 0) is 9.59 Å². The molecule has 2 N–H and O–H groups in total. The lowest BCUT2D eigenvalue weighted by Gasteiger charge is -2.13. The van der Waals surface area contributed by atoms with Crippen LogP contribution in [0.25, 0.3) is 0 Å². The molecule has 22 heavy (non-hydrogen) atoms. The maximum absolute atomic E-state index is 12.2. The fraction of sp³-hybridized carbons (Fsp3) is 0.529. The average molecular weight is 320 g/mol. The molecule has 2 rings (SSSR count). The Hall–Kier alpha value is -1.49. The first-order chi connectivity index (χ1) is 10.6. The third-order valence-corrected chi connectivity index (χ3v) is 4.65. The van der Waals surface area contributed by atoms with Crippen LogP contribution in [0.4, 0.5) is 11.4 Å². The summed E-state index contributed by atoms with van der Waals surface area (Å²) in [6.07, 6.45) is 6.73. The molecule has 2 amide bonds. The number of carbonyl (C=O) groups is 2. The van der Waals surface area contributed by atoms with Gasteiger partial charge in [0.05, 0.1) is 0 Å². The summed E-state index contributed by atoms with van der Waals surface area (Å²) in [6, 6.07) is 5.66. The number of benzene rings is 1. The monoisotopic (exact) mass is 320 g/mol. The van der Waals surface area contributed by atoms with Gasteiger partial charge < -0.3 is 10.6 Å². The van der Waals surface area contributed by atoms with Crippen LogP contribution in [0, 0.1) is 12.8 Å². The van der Waals surface area contributed by atoms with Crippen molar-refractivity contribution in [3.8, 4) is 0 Å². The van der Waals surface area contributed by atoms with Gasteiger partial charge in [0.25, 0.3) is 0 Å². The molecule has 0 aliphatic heterocycles. The fourth-order valence-electron chi connectivity index (χ4n) is 2.67. The molecule has 1 aromatic rings. The number of carbonyl (C=O) groups excluding carboxylic acids is 2. The lowest BCUT2D eigenvalue weighted by atomic mass is 10.1. The lowest BCUT2D eigenvalue weighted by molar-refractivity contribution is -0.119. The molecule has 1 saturated carbocycles. The molecule has 0 unspecified atom stereocenters. The summed E-state index contributed by atoms with van der Waals surface area (Å²) in [7, 11) is 0. The molecular weight excluding hydrogens is 296 g/mol. The zero-order chi connectivity index (χ0) is 15.9. The molecule has 0 atom stereocenters. The van der Waals surface area contributed by atoms with E-state index in [1.807, 2.05) is 31.4 Å². The standard InChI is InChI=1S/C17H24N2O2S/c1-12-7-8-14(18-17(21)13-5-3-4-6-13)11-15(12)19-16(20)9-10-22-2/h7-8,11,13H,3-6,9-10H2,1-2H3,(H,18,21)(H,19,20). The first-order valence-electron chi connectivity index (χ1n) is 7.80. The Morgan fingerprint density at radius 3 is 2.64 bits per heavy atom. The second-order valence-corrected chi connectivity index (χ2v) is 6.78. The van der Waals surface area contributed by atoms with Gasteiger partial charge in [-0.2, -0.15) is 11.8 Å². The number of hydrogen-bond acceptors (Lipinski definition) is 3. The Labute approximate surface area is 136 Å². The topological polar surface area (TPSA) is 58.2 Å². The average Bonchev–Trinajstić information content (AvgIpc) is 3.03. The SMILES string of the molecule is CSCCC(=O)Nc1cc(NC(=O)C2CCCC2)ccc1C. The van der Waals surface area contributed by atoms with E-state index in [1.54, 1.807) is 11.8 Å². The van der Waals surface area contributed by atoms with Crippen LogP contribution in [0.5, 0.6) is 0 Å². The number of rotatable bonds is 6. The zero-order valence-corrected chi connectivity index (χ0v) is 14.1. The van der Waals surface area contributed by atoms with E-state index < -0.39 is 0 Å². The Morgan fingerprint density at radius 2 is 1.95 bits per heavy atom. The Bertz CT molecular complexity index is 539. The Kier molecular flexibility index (Phi) is 6.31. The van der Waals surface area contributed by atoms with Crippen molar-refractivity contribution in [3.05, 3.63) is 23.8 Å². The quantitative estimate of drug-likeness (QED) is 0.838. The summed E-state index contributed by atoms with van der Waals surface area (Å²) in [4.78, 5) is 24.0. The van der Waals surface area contributed by atoms with Crippen LogP contribution in [-0.4, -0.2) is 23.8 Å². The largest absolute Gasteiger partial charge is 0.326 e. The van der Waals surface area contributed by atoms with Crippen LogP contribution in [0.2, 0.25) is 0 Å². The fourth-order valence-corrected chi connectivity index (χ4v) is 3.06. The molecule has 1 fully saturated rings. The molecule has 1 aromatic carbocycles. The van der Waals surface area contributed by atoms with Crippen molar-refractivity contribution in [1.82, 2.24) is 0 Å². The van der Waals surface area contributed by atoms with E-state index in [4.69, 9.17) is 0 Å². The summed E-state index contributed by atoms with van der Waals surface area (Å²) < 4.78 is 0. The zero-order valence-electron chi connectivity index (χ0n) is 13.3. The van der Waals surface area contributed by atoms with E-state index >= 15 is 0 Å². The molecule has 1 aliphatic rings. The third kappa shape index (κ3) is 4.77. The van der Waals surface area contributed by atoms with E-state index in [2.05, 4.69) is 10.6 Å². The van der Waals surface area contributed by atoms with Gasteiger partial charge in [-0.1, -0.05) is 18.9 Å². The molecule has 0 heterocycles. The van der Waals surface area contributed by atoms with E-state index in [-0.39, 0.29) is 17.7 Å². The molecule has 0 aromatic heterocycles. The van der Waals surface area contributed by atoms with Crippen LogP contribution in [0.1, 0.15) is 37.7 Å². The molecule has 0 bridgehead atoms. The highest BCUT2D eigenvalue weighted by Gasteiger charge is 2.22. The maximum atomic E-state index is 12.2. The second kappa shape index (κ2) is 8.22. The molecule has 0 radical (unpaired) electrons. The number of hydrogen-bond donors (Lipinski definition) is 2. The minimum absolute atomic E-state index is 0.0109. The van der Waals surface area contributed by atoms with Gasteiger partial charge in [0, 0.05) is 29.5 Å². The normalized spacial score (nSPS) is 14.8. The first kappa shape index (κ1) is 16.9. The minimum Gasteiger partial charge on any atom is -0.326 e. The van der Waals surface area contributed by atoms with Gasteiger partial charge >= 0.3 is 0 Å². The summed E-state index contributed by atoms with van der Waals surface area (Å²) in [5.41, 5.74) is 2.52. The van der Waals surface area contributed by atoms with Gasteiger partial charge in [0.2, 0.25) is 11.8 Å². The molecule has 1 aliphatic carbocycles. The van der Waals surface area contributed by atoms with Crippen molar-refractivity contribution in [2.45, 2.75) is 39.0 Å². The van der Waals surface area contributed by atoms with Crippen molar-refractivity contribution in [3.63, 3.8) is 0 Å².